The quantitative estimate of drug-likeness (QED) is 0.562. The number of ether oxygens (including phenoxy) is 2. The minimum Gasteiger partial charge on any atom is -0.463 e. The van der Waals surface area contributed by atoms with E-state index in [0.29, 0.717) is 11.3 Å². The molecule has 0 unspecified atom stereocenters. The van der Waals surface area contributed by atoms with Crippen LogP contribution in [0.2, 0.25) is 0 Å². The molecule has 2 aromatic carbocycles. The van der Waals surface area contributed by atoms with E-state index in [2.05, 4.69) is 0 Å². The Morgan fingerprint density at radius 1 is 0.870 bits per heavy atom. The molecular weight excluding hydrogens is 292 g/mol. The summed E-state index contributed by atoms with van der Waals surface area (Å²) in [6.07, 6.45) is 0.0796. The SMILES string of the molecule is CC(C)OC(=O)CCC(=O)c1ccc(Oc2ccccc2)cc1. The summed E-state index contributed by atoms with van der Waals surface area (Å²) in [7, 11) is 0. The minimum absolute atomic E-state index is 0.0861. The van der Waals surface area contributed by atoms with Gasteiger partial charge in [-0.2, -0.15) is 0 Å². The van der Waals surface area contributed by atoms with Crippen molar-refractivity contribution in [2.24, 2.45) is 0 Å². The number of rotatable bonds is 7. The van der Waals surface area contributed by atoms with E-state index >= 15 is 0 Å². The molecule has 0 atom stereocenters. The van der Waals surface area contributed by atoms with Gasteiger partial charge in [0.1, 0.15) is 11.5 Å². The van der Waals surface area contributed by atoms with Crippen LogP contribution >= 0.6 is 0 Å². The standard InChI is InChI=1S/C19H20O4/c1-14(2)22-19(21)13-12-18(20)15-8-10-17(11-9-15)23-16-6-4-3-5-7-16/h3-11,14H,12-13H2,1-2H3. The van der Waals surface area contributed by atoms with E-state index in [9.17, 15) is 9.59 Å². The third kappa shape index (κ3) is 5.58. The van der Waals surface area contributed by atoms with Crippen LogP contribution in [0.15, 0.2) is 54.6 Å². The number of carbonyl (C=O) groups excluding carboxylic acids is 2. The van der Waals surface area contributed by atoms with Crippen molar-refractivity contribution in [2.75, 3.05) is 0 Å². The first-order valence-corrected chi connectivity index (χ1v) is 7.60. The van der Waals surface area contributed by atoms with Crippen LogP contribution in [0.1, 0.15) is 37.0 Å². The Balaban J connectivity index is 1.89. The Morgan fingerprint density at radius 3 is 2.09 bits per heavy atom. The van der Waals surface area contributed by atoms with Gasteiger partial charge < -0.3 is 9.47 Å². The molecule has 0 aliphatic rings. The van der Waals surface area contributed by atoms with Gasteiger partial charge in [0, 0.05) is 12.0 Å². The maximum absolute atomic E-state index is 12.1. The lowest BCUT2D eigenvalue weighted by Gasteiger charge is -2.08. The summed E-state index contributed by atoms with van der Waals surface area (Å²) < 4.78 is 10.7. The smallest absolute Gasteiger partial charge is 0.306 e. The van der Waals surface area contributed by atoms with Gasteiger partial charge in [-0.3, -0.25) is 9.59 Å². The molecule has 0 aliphatic heterocycles. The summed E-state index contributed by atoms with van der Waals surface area (Å²) in [5.41, 5.74) is 0.558. The molecular formula is C19H20O4. The summed E-state index contributed by atoms with van der Waals surface area (Å²) in [5, 5.41) is 0. The molecule has 0 saturated carbocycles. The first-order valence-electron chi connectivity index (χ1n) is 7.60. The number of ketones is 1. The zero-order valence-corrected chi connectivity index (χ0v) is 13.3. The second kappa shape index (κ2) is 8.13. The number of hydrogen-bond acceptors (Lipinski definition) is 4. The van der Waals surface area contributed by atoms with Crippen LogP contribution in [0.25, 0.3) is 0 Å². The molecule has 2 aromatic rings. The minimum atomic E-state index is -0.350. The van der Waals surface area contributed by atoms with Gasteiger partial charge in [0.25, 0.3) is 0 Å². The average Bonchev–Trinajstić information content (AvgIpc) is 2.54. The molecule has 0 bridgehead atoms. The van der Waals surface area contributed by atoms with Crippen LogP contribution in [0.3, 0.4) is 0 Å². The van der Waals surface area contributed by atoms with Crippen molar-refractivity contribution in [1.29, 1.82) is 0 Å². The van der Waals surface area contributed by atoms with Crippen molar-refractivity contribution in [1.82, 2.24) is 0 Å². The predicted molar refractivity (Wildman–Crippen MR) is 87.8 cm³/mol. The van der Waals surface area contributed by atoms with Gasteiger partial charge >= 0.3 is 5.97 Å². The van der Waals surface area contributed by atoms with Gasteiger partial charge in [-0.15, -0.1) is 0 Å². The van der Waals surface area contributed by atoms with Crippen molar-refractivity contribution in [3.8, 4) is 11.5 Å². The summed E-state index contributed by atoms with van der Waals surface area (Å²) in [6.45, 7) is 3.57. The fraction of sp³-hybridized carbons (Fsp3) is 0.263. The second-order valence-corrected chi connectivity index (χ2v) is 5.40. The van der Waals surface area contributed by atoms with Crippen LogP contribution in [0.4, 0.5) is 0 Å². The van der Waals surface area contributed by atoms with E-state index in [0.717, 1.165) is 5.75 Å². The summed E-state index contributed by atoms with van der Waals surface area (Å²) in [4.78, 5) is 23.5. The monoisotopic (exact) mass is 312 g/mol. The number of para-hydroxylation sites is 1. The molecule has 0 saturated heterocycles. The lowest BCUT2D eigenvalue weighted by Crippen LogP contribution is -2.12. The third-order valence-electron chi connectivity index (χ3n) is 3.08. The fourth-order valence-corrected chi connectivity index (χ4v) is 2.02. The third-order valence-corrected chi connectivity index (χ3v) is 3.08. The fourth-order valence-electron chi connectivity index (χ4n) is 2.02. The maximum Gasteiger partial charge on any atom is 0.306 e. The molecule has 4 heteroatoms. The highest BCUT2D eigenvalue weighted by Gasteiger charge is 2.11. The number of esters is 1. The van der Waals surface area contributed by atoms with Crippen molar-refractivity contribution >= 4 is 11.8 Å². The van der Waals surface area contributed by atoms with E-state index in [1.807, 2.05) is 30.3 Å². The molecule has 2 rings (SSSR count). The van der Waals surface area contributed by atoms with Crippen LogP contribution < -0.4 is 4.74 Å². The first kappa shape index (κ1) is 16.7. The molecule has 0 amide bonds. The van der Waals surface area contributed by atoms with Crippen LogP contribution in [0.5, 0.6) is 11.5 Å². The Labute approximate surface area is 136 Å². The molecule has 120 valence electrons. The maximum atomic E-state index is 12.1. The highest BCUT2D eigenvalue weighted by atomic mass is 16.5. The molecule has 0 heterocycles. The van der Waals surface area contributed by atoms with Gasteiger partial charge in [-0.05, 0) is 50.2 Å². The van der Waals surface area contributed by atoms with Gasteiger partial charge in [-0.25, -0.2) is 0 Å². The summed E-state index contributed by atoms with van der Waals surface area (Å²) >= 11 is 0. The van der Waals surface area contributed by atoms with E-state index in [-0.39, 0.29) is 30.7 Å². The molecule has 23 heavy (non-hydrogen) atoms. The average molecular weight is 312 g/mol. The number of Topliss-reactive ketones (excluding diaryl/α,β-unsaturated/α-hetero) is 1. The zero-order chi connectivity index (χ0) is 16.7. The topological polar surface area (TPSA) is 52.6 Å². The number of hydrogen-bond donors (Lipinski definition) is 0. The first-order chi connectivity index (χ1) is 11.0. The molecule has 0 fully saturated rings. The van der Waals surface area contributed by atoms with Gasteiger partial charge in [-0.1, -0.05) is 18.2 Å². The normalized spacial score (nSPS) is 10.4. The van der Waals surface area contributed by atoms with E-state index in [1.54, 1.807) is 38.1 Å². The predicted octanol–water partition coefficient (Wildman–Crippen LogP) is 4.39. The molecule has 0 spiro atoms. The largest absolute Gasteiger partial charge is 0.463 e. The number of carbonyl (C=O) groups is 2. The Morgan fingerprint density at radius 2 is 1.48 bits per heavy atom. The van der Waals surface area contributed by atoms with Crippen molar-refractivity contribution in [2.45, 2.75) is 32.8 Å². The molecule has 4 nitrogen and oxygen atoms in total. The lowest BCUT2D eigenvalue weighted by molar-refractivity contribution is -0.147. The Kier molecular flexibility index (Phi) is 5.92. The van der Waals surface area contributed by atoms with E-state index in [1.165, 1.54) is 0 Å². The van der Waals surface area contributed by atoms with Gasteiger partial charge in [0.05, 0.1) is 12.5 Å². The molecule has 0 N–H and O–H groups in total. The van der Waals surface area contributed by atoms with Crippen LogP contribution in [-0.2, 0) is 9.53 Å². The van der Waals surface area contributed by atoms with Crippen LogP contribution in [-0.4, -0.2) is 17.9 Å². The summed E-state index contributed by atoms with van der Waals surface area (Å²) in [6, 6.07) is 16.3. The van der Waals surface area contributed by atoms with Gasteiger partial charge in [0.15, 0.2) is 5.78 Å². The van der Waals surface area contributed by atoms with Crippen molar-refractivity contribution < 1.29 is 19.1 Å². The van der Waals surface area contributed by atoms with Gasteiger partial charge in [0.2, 0.25) is 0 Å². The second-order valence-electron chi connectivity index (χ2n) is 5.40. The lowest BCUT2D eigenvalue weighted by atomic mass is 10.1. The van der Waals surface area contributed by atoms with Crippen molar-refractivity contribution in [3.05, 3.63) is 60.2 Å². The Bertz CT molecular complexity index is 645. The number of benzene rings is 2. The molecule has 0 radical (unpaired) electrons. The van der Waals surface area contributed by atoms with E-state index < -0.39 is 0 Å². The molecule has 0 aromatic heterocycles. The van der Waals surface area contributed by atoms with Crippen LogP contribution in [0, 0.1) is 0 Å². The highest BCUT2D eigenvalue weighted by Crippen LogP contribution is 2.21. The van der Waals surface area contributed by atoms with E-state index in [4.69, 9.17) is 9.47 Å². The Hall–Kier alpha value is -2.62. The molecule has 0 aliphatic carbocycles. The van der Waals surface area contributed by atoms with Crippen molar-refractivity contribution in [3.63, 3.8) is 0 Å². The summed E-state index contributed by atoms with van der Waals surface area (Å²) in [5.74, 6) is 0.962. The highest BCUT2D eigenvalue weighted by molar-refractivity contribution is 5.97. The zero-order valence-electron chi connectivity index (χ0n) is 13.3.